The fraction of sp³-hybridized carbons (Fsp3) is 0.333. The summed E-state index contributed by atoms with van der Waals surface area (Å²) in [6, 6.07) is 15.7. The van der Waals surface area contributed by atoms with Crippen molar-refractivity contribution in [2.24, 2.45) is 12.8 Å². The van der Waals surface area contributed by atoms with Crippen LogP contribution in [0.1, 0.15) is 29.2 Å². The Morgan fingerprint density at radius 3 is 2.50 bits per heavy atom. The van der Waals surface area contributed by atoms with Crippen LogP contribution in [0.3, 0.4) is 0 Å². The van der Waals surface area contributed by atoms with E-state index in [1.165, 1.54) is 33.2 Å². The van der Waals surface area contributed by atoms with Crippen molar-refractivity contribution in [3.63, 3.8) is 0 Å². The maximum Gasteiger partial charge on any atom is 0.0484 e. The van der Waals surface area contributed by atoms with E-state index in [-0.39, 0.29) is 6.04 Å². The molecule has 124 valence electrons. The van der Waals surface area contributed by atoms with Crippen LogP contribution in [0.4, 0.5) is 0 Å². The SMILES string of the molecule is CC(N)Cc1cn(C)c2cc3c(cc12)CN(Cc1ccccc1)C3. The van der Waals surface area contributed by atoms with Crippen LogP contribution in [-0.2, 0) is 33.1 Å². The number of fused-ring (bicyclic) bond motifs is 2. The van der Waals surface area contributed by atoms with Gasteiger partial charge >= 0.3 is 0 Å². The average Bonchev–Trinajstić information content (AvgIpc) is 3.06. The quantitative estimate of drug-likeness (QED) is 0.797. The van der Waals surface area contributed by atoms with Gasteiger partial charge in [0.25, 0.3) is 0 Å². The summed E-state index contributed by atoms with van der Waals surface area (Å²) in [5, 5.41) is 1.37. The zero-order valence-electron chi connectivity index (χ0n) is 14.5. The predicted molar refractivity (Wildman–Crippen MR) is 99.7 cm³/mol. The number of aryl methyl sites for hydroxylation is 1. The largest absolute Gasteiger partial charge is 0.350 e. The Labute approximate surface area is 143 Å². The molecule has 3 heteroatoms. The van der Waals surface area contributed by atoms with Crippen LogP contribution in [0.2, 0.25) is 0 Å². The van der Waals surface area contributed by atoms with Gasteiger partial charge in [0, 0.05) is 49.8 Å². The molecular formula is C21H25N3. The van der Waals surface area contributed by atoms with E-state index < -0.39 is 0 Å². The minimum Gasteiger partial charge on any atom is -0.350 e. The molecule has 0 spiro atoms. The molecule has 0 amide bonds. The number of hydrogen-bond donors (Lipinski definition) is 1. The molecule has 3 aromatic rings. The Morgan fingerprint density at radius 2 is 1.79 bits per heavy atom. The third kappa shape index (κ3) is 2.85. The standard InChI is InChI=1S/C21H25N3/c1-15(22)8-19-12-23(2)21-10-18-14-24(13-17(18)9-20(19)21)11-16-6-4-3-5-7-16/h3-7,9-10,12,15H,8,11,13-14,22H2,1-2H3. The van der Waals surface area contributed by atoms with Gasteiger partial charge in [-0.2, -0.15) is 0 Å². The van der Waals surface area contributed by atoms with Gasteiger partial charge in [0.2, 0.25) is 0 Å². The molecule has 3 nitrogen and oxygen atoms in total. The molecule has 0 bridgehead atoms. The lowest BCUT2D eigenvalue weighted by Crippen LogP contribution is -2.17. The highest BCUT2D eigenvalue weighted by atomic mass is 15.1. The summed E-state index contributed by atoms with van der Waals surface area (Å²) in [7, 11) is 2.14. The molecule has 0 radical (unpaired) electrons. The summed E-state index contributed by atoms with van der Waals surface area (Å²) >= 11 is 0. The smallest absolute Gasteiger partial charge is 0.0484 e. The Morgan fingerprint density at radius 1 is 1.08 bits per heavy atom. The lowest BCUT2D eigenvalue weighted by Gasteiger charge is -2.14. The molecule has 1 aliphatic rings. The first-order valence-corrected chi connectivity index (χ1v) is 8.71. The fourth-order valence-electron chi connectivity index (χ4n) is 3.89. The van der Waals surface area contributed by atoms with Gasteiger partial charge in [0.15, 0.2) is 0 Å². The van der Waals surface area contributed by atoms with Gasteiger partial charge in [-0.25, -0.2) is 0 Å². The van der Waals surface area contributed by atoms with E-state index in [1.807, 2.05) is 0 Å². The highest BCUT2D eigenvalue weighted by molar-refractivity contribution is 5.86. The van der Waals surface area contributed by atoms with Gasteiger partial charge in [0.05, 0.1) is 0 Å². The normalized spacial score (nSPS) is 15.8. The fourth-order valence-corrected chi connectivity index (χ4v) is 3.89. The van der Waals surface area contributed by atoms with Crippen LogP contribution in [-0.4, -0.2) is 15.5 Å². The maximum atomic E-state index is 6.03. The molecule has 1 atom stereocenters. The lowest BCUT2D eigenvalue weighted by molar-refractivity contribution is 0.275. The van der Waals surface area contributed by atoms with Crippen LogP contribution in [0.15, 0.2) is 48.7 Å². The summed E-state index contributed by atoms with van der Waals surface area (Å²) in [6.07, 6.45) is 3.18. The first kappa shape index (κ1) is 15.4. The van der Waals surface area contributed by atoms with Crippen molar-refractivity contribution in [3.8, 4) is 0 Å². The Kier molecular flexibility index (Phi) is 3.91. The van der Waals surface area contributed by atoms with E-state index in [2.05, 4.69) is 72.1 Å². The number of aromatic nitrogens is 1. The van der Waals surface area contributed by atoms with Crippen LogP contribution >= 0.6 is 0 Å². The van der Waals surface area contributed by atoms with Gasteiger partial charge in [-0.1, -0.05) is 30.3 Å². The van der Waals surface area contributed by atoms with E-state index in [1.54, 1.807) is 0 Å². The number of rotatable bonds is 4. The Bertz CT molecular complexity index is 862. The minimum atomic E-state index is 0.193. The van der Waals surface area contributed by atoms with Crippen LogP contribution in [0, 0.1) is 0 Å². The minimum absolute atomic E-state index is 0.193. The molecular weight excluding hydrogens is 294 g/mol. The van der Waals surface area contributed by atoms with Gasteiger partial charge in [-0.05, 0) is 47.7 Å². The number of hydrogen-bond acceptors (Lipinski definition) is 2. The molecule has 1 aliphatic heterocycles. The molecule has 2 aromatic carbocycles. The molecule has 2 N–H and O–H groups in total. The molecule has 4 rings (SSSR count). The van der Waals surface area contributed by atoms with Crippen molar-refractivity contribution in [2.75, 3.05) is 0 Å². The number of benzene rings is 2. The van der Waals surface area contributed by atoms with Gasteiger partial charge in [-0.3, -0.25) is 4.90 Å². The summed E-state index contributed by atoms with van der Waals surface area (Å²) in [6.45, 7) is 5.16. The van der Waals surface area contributed by atoms with Crippen LogP contribution < -0.4 is 5.73 Å². The summed E-state index contributed by atoms with van der Waals surface area (Å²) in [5.74, 6) is 0. The molecule has 2 heterocycles. The van der Waals surface area contributed by atoms with Crippen LogP contribution in [0.25, 0.3) is 10.9 Å². The van der Waals surface area contributed by atoms with E-state index >= 15 is 0 Å². The van der Waals surface area contributed by atoms with Crippen molar-refractivity contribution in [1.82, 2.24) is 9.47 Å². The summed E-state index contributed by atoms with van der Waals surface area (Å²) < 4.78 is 2.24. The van der Waals surface area contributed by atoms with Crippen molar-refractivity contribution < 1.29 is 0 Å². The second kappa shape index (κ2) is 6.08. The molecule has 24 heavy (non-hydrogen) atoms. The van der Waals surface area contributed by atoms with E-state index in [0.717, 1.165) is 26.1 Å². The Hall–Kier alpha value is -2.10. The first-order valence-electron chi connectivity index (χ1n) is 8.71. The average molecular weight is 319 g/mol. The monoisotopic (exact) mass is 319 g/mol. The van der Waals surface area contributed by atoms with Crippen molar-refractivity contribution in [2.45, 2.75) is 39.0 Å². The third-order valence-electron chi connectivity index (χ3n) is 4.97. The van der Waals surface area contributed by atoms with Gasteiger partial charge < -0.3 is 10.3 Å². The first-order chi connectivity index (χ1) is 11.6. The molecule has 0 saturated heterocycles. The highest BCUT2D eigenvalue weighted by Crippen LogP contribution is 2.31. The second-order valence-corrected chi connectivity index (χ2v) is 7.22. The zero-order chi connectivity index (χ0) is 16.7. The highest BCUT2D eigenvalue weighted by Gasteiger charge is 2.21. The second-order valence-electron chi connectivity index (χ2n) is 7.22. The number of nitrogens with two attached hydrogens (primary N) is 1. The molecule has 0 aliphatic carbocycles. The molecule has 0 fully saturated rings. The topological polar surface area (TPSA) is 34.2 Å². The van der Waals surface area contributed by atoms with E-state index in [0.29, 0.717) is 0 Å². The van der Waals surface area contributed by atoms with Crippen molar-refractivity contribution >= 4 is 10.9 Å². The molecule has 0 saturated carbocycles. The van der Waals surface area contributed by atoms with Crippen LogP contribution in [0.5, 0.6) is 0 Å². The van der Waals surface area contributed by atoms with E-state index in [9.17, 15) is 0 Å². The maximum absolute atomic E-state index is 6.03. The predicted octanol–water partition coefficient (Wildman–Crippen LogP) is 3.58. The van der Waals surface area contributed by atoms with Crippen molar-refractivity contribution in [1.29, 1.82) is 0 Å². The molecule has 1 unspecified atom stereocenters. The summed E-state index contributed by atoms with van der Waals surface area (Å²) in [4.78, 5) is 2.52. The van der Waals surface area contributed by atoms with Gasteiger partial charge in [-0.15, -0.1) is 0 Å². The Balaban J connectivity index is 1.63. The van der Waals surface area contributed by atoms with Gasteiger partial charge in [0.1, 0.15) is 0 Å². The van der Waals surface area contributed by atoms with Crippen molar-refractivity contribution in [3.05, 3.63) is 70.9 Å². The third-order valence-corrected chi connectivity index (χ3v) is 4.97. The zero-order valence-corrected chi connectivity index (χ0v) is 14.5. The number of nitrogens with zero attached hydrogens (tertiary/aromatic N) is 2. The lowest BCUT2D eigenvalue weighted by atomic mass is 10.0. The summed E-state index contributed by atoms with van der Waals surface area (Å²) in [5.41, 5.74) is 13.0. The molecule has 1 aromatic heterocycles. The van der Waals surface area contributed by atoms with E-state index in [4.69, 9.17) is 5.73 Å².